The number of pyridine rings is 1. The van der Waals surface area contributed by atoms with Gasteiger partial charge in [-0.15, -0.1) is 0 Å². The van der Waals surface area contributed by atoms with Crippen LogP contribution in [0.2, 0.25) is 0 Å². The molecule has 0 fully saturated rings. The molecule has 0 aliphatic carbocycles. The molecule has 0 saturated heterocycles. The summed E-state index contributed by atoms with van der Waals surface area (Å²) in [5, 5.41) is 0. The number of rotatable bonds is 3. The first-order chi connectivity index (χ1) is 13.9. The molecule has 2 aliphatic heterocycles. The van der Waals surface area contributed by atoms with E-state index in [-0.39, 0.29) is 0 Å². The number of aromatic nitrogens is 1. The third-order valence-electron chi connectivity index (χ3n) is 5.85. The lowest BCUT2D eigenvalue weighted by atomic mass is 9.83. The van der Waals surface area contributed by atoms with Crippen molar-refractivity contribution in [3.63, 3.8) is 0 Å². The predicted molar refractivity (Wildman–Crippen MR) is 114 cm³/mol. The number of fused-ring (bicyclic) bond motifs is 3. The summed E-state index contributed by atoms with van der Waals surface area (Å²) in [6, 6.07) is 23.8. The maximum absolute atomic E-state index is 5.01. The van der Waals surface area contributed by atoms with E-state index in [1.807, 2.05) is 12.4 Å². The Hall–Kier alpha value is -3.14. The topological polar surface area (TPSA) is 31.7 Å². The molecule has 0 amide bonds. The van der Waals surface area contributed by atoms with Crippen LogP contribution in [0.4, 0.5) is 5.69 Å². The van der Waals surface area contributed by atoms with Gasteiger partial charge < -0.3 is 9.80 Å². The van der Waals surface area contributed by atoms with Crippen molar-refractivity contribution in [2.75, 3.05) is 24.5 Å². The van der Waals surface area contributed by atoms with Gasteiger partial charge in [0.15, 0.2) is 5.66 Å². The van der Waals surface area contributed by atoms with Crippen LogP contribution in [0.5, 0.6) is 0 Å². The third-order valence-corrected chi connectivity index (χ3v) is 5.85. The van der Waals surface area contributed by atoms with Gasteiger partial charge >= 0.3 is 0 Å². The van der Waals surface area contributed by atoms with Crippen LogP contribution in [0, 0.1) is 0 Å². The highest BCUT2D eigenvalue weighted by atomic mass is 15.5. The zero-order valence-corrected chi connectivity index (χ0v) is 16.1. The summed E-state index contributed by atoms with van der Waals surface area (Å²) >= 11 is 0. The molecule has 0 radical (unpaired) electrons. The third kappa shape index (κ3) is 2.30. The highest BCUT2D eigenvalue weighted by Crippen LogP contribution is 2.48. The summed E-state index contributed by atoms with van der Waals surface area (Å²) in [6.45, 7) is 4.98. The van der Waals surface area contributed by atoms with Crippen LogP contribution in [0.25, 0.3) is 0 Å². The first-order valence-corrected chi connectivity index (χ1v) is 10.0. The average molecular weight is 368 g/mol. The van der Waals surface area contributed by atoms with Crippen molar-refractivity contribution in [2.45, 2.75) is 19.0 Å². The quantitative estimate of drug-likeness (QED) is 0.692. The van der Waals surface area contributed by atoms with Gasteiger partial charge in [-0.25, -0.2) is 0 Å². The second-order valence-corrected chi connectivity index (χ2v) is 7.25. The Kier molecular flexibility index (Phi) is 4.12. The lowest BCUT2D eigenvalue weighted by Gasteiger charge is -2.57. The summed E-state index contributed by atoms with van der Waals surface area (Å²) in [5.41, 5.74) is 4.51. The molecule has 0 spiro atoms. The Morgan fingerprint density at radius 2 is 1.61 bits per heavy atom. The number of nitrogens with zero attached hydrogens (tertiary/aromatic N) is 4. The van der Waals surface area contributed by atoms with Crippen molar-refractivity contribution in [2.24, 2.45) is 4.99 Å². The molecule has 1 atom stereocenters. The van der Waals surface area contributed by atoms with E-state index >= 15 is 0 Å². The van der Waals surface area contributed by atoms with Gasteiger partial charge in [0.1, 0.15) is 5.84 Å². The first-order valence-electron chi connectivity index (χ1n) is 10.0. The highest BCUT2D eigenvalue weighted by molar-refractivity contribution is 6.07. The van der Waals surface area contributed by atoms with Crippen molar-refractivity contribution in [1.29, 1.82) is 0 Å². The normalized spacial score (nSPS) is 21.0. The van der Waals surface area contributed by atoms with Gasteiger partial charge in [-0.05, 0) is 37.6 Å². The van der Waals surface area contributed by atoms with Crippen molar-refractivity contribution in [1.82, 2.24) is 9.88 Å². The fourth-order valence-corrected chi connectivity index (χ4v) is 4.81. The number of benzene rings is 2. The Balaban J connectivity index is 1.89. The Bertz CT molecular complexity index is 958. The van der Waals surface area contributed by atoms with Crippen molar-refractivity contribution in [3.8, 4) is 0 Å². The molecule has 5 rings (SSSR count). The van der Waals surface area contributed by atoms with Gasteiger partial charge in [0, 0.05) is 48.7 Å². The molecule has 0 bridgehead atoms. The second kappa shape index (κ2) is 6.79. The fourth-order valence-electron chi connectivity index (χ4n) is 4.81. The molecule has 2 aliphatic rings. The monoisotopic (exact) mass is 368 g/mol. The first kappa shape index (κ1) is 17.0. The summed E-state index contributed by atoms with van der Waals surface area (Å²) < 4.78 is 0. The lowest BCUT2D eigenvalue weighted by molar-refractivity contribution is 0.194. The summed E-state index contributed by atoms with van der Waals surface area (Å²) in [5.74, 6) is 1.10. The lowest BCUT2D eigenvalue weighted by Crippen LogP contribution is -2.65. The van der Waals surface area contributed by atoms with Gasteiger partial charge in [0.25, 0.3) is 0 Å². The standard InChI is InChI=1S/C24H24N4/c1-2-27-22-12-7-6-11-21(22)23-26-15-8-18-28(23)24(27,19-9-4-3-5-10-19)20-13-16-25-17-14-20/h3-7,9-14,16-17H,2,8,15,18H2,1H3. The Morgan fingerprint density at radius 1 is 0.893 bits per heavy atom. The van der Waals surface area contributed by atoms with Gasteiger partial charge in [0.2, 0.25) is 0 Å². The maximum Gasteiger partial charge on any atom is 0.167 e. The van der Waals surface area contributed by atoms with E-state index in [0.29, 0.717) is 0 Å². The number of amidine groups is 1. The van der Waals surface area contributed by atoms with Gasteiger partial charge in [-0.1, -0.05) is 42.5 Å². The molecular formula is C24H24N4. The van der Waals surface area contributed by atoms with Crippen LogP contribution >= 0.6 is 0 Å². The van der Waals surface area contributed by atoms with E-state index < -0.39 is 5.66 Å². The van der Waals surface area contributed by atoms with Crippen LogP contribution < -0.4 is 4.90 Å². The number of aliphatic imine (C=N–C) groups is 1. The van der Waals surface area contributed by atoms with E-state index in [1.54, 1.807) is 0 Å². The largest absolute Gasteiger partial charge is 0.341 e. The smallest absolute Gasteiger partial charge is 0.167 e. The van der Waals surface area contributed by atoms with E-state index in [1.165, 1.54) is 22.4 Å². The van der Waals surface area contributed by atoms with Crippen molar-refractivity contribution < 1.29 is 0 Å². The van der Waals surface area contributed by atoms with Crippen LogP contribution in [-0.4, -0.2) is 35.4 Å². The highest BCUT2D eigenvalue weighted by Gasteiger charge is 2.51. The molecule has 3 aromatic rings. The minimum Gasteiger partial charge on any atom is -0.341 e. The average Bonchev–Trinajstić information content (AvgIpc) is 2.79. The molecule has 1 unspecified atom stereocenters. The molecule has 4 nitrogen and oxygen atoms in total. The molecule has 2 aromatic carbocycles. The second-order valence-electron chi connectivity index (χ2n) is 7.25. The van der Waals surface area contributed by atoms with E-state index in [4.69, 9.17) is 4.99 Å². The maximum atomic E-state index is 5.01. The van der Waals surface area contributed by atoms with Crippen LogP contribution in [0.3, 0.4) is 0 Å². The minimum absolute atomic E-state index is 0.438. The Morgan fingerprint density at radius 3 is 2.39 bits per heavy atom. The van der Waals surface area contributed by atoms with Gasteiger partial charge in [0.05, 0.1) is 5.69 Å². The zero-order chi connectivity index (χ0) is 19.0. The molecular weight excluding hydrogens is 344 g/mol. The summed E-state index contributed by atoms with van der Waals surface area (Å²) in [7, 11) is 0. The minimum atomic E-state index is -0.438. The van der Waals surface area contributed by atoms with Crippen LogP contribution in [0.1, 0.15) is 30.0 Å². The summed E-state index contributed by atoms with van der Waals surface area (Å²) in [6.07, 6.45) is 4.85. The fraction of sp³-hybridized carbons (Fsp3) is 0.250. The number of para-hydroxylation sites is 1. The van der Waals surface area contributed by atoms with Gasteiger partial charge in [-0.3, -0.25) is 9.98 Å². The van der Waals surface area contributed by atoms with Gasteiger partial charge in [-0.2, -0.15) is 0 Å². The molecule has 4 heteroatoms. The SMILES string of the molecule is CCN1c2ccccc2C2=NCCCN2C1(c1ccccc1)c1ccncc1. The van der Waals surface area contributed by atoms with Crippen LogP contribution in [-0.2, 0) is 5.66 Å². The zero-order valence-electron chi connectivity index (χ0n) is 16.1. The predicted octanol–water partition coefficient (Wildman–Crippen LogP) is 4.28. The van der Waals surface area contributed by atoms with E-state index in [2.05, 4.69) is 88.4 Å². The van der Waals surface area contributed by atoms with Crippen molar-refractivity contribution in [3.05, 3.63) is 95.8 Å². The molecule has 140 valence electrons. The molecule has 1 aromatic heterocycles. The molecule has 0 saturated carbocycles. The van der Waals surface area contributed by atoms with E-state index in [0.717, 1.165) is 31.9 Å². The number of hydrogen-bond donors (Lipinski definition) is 0. The number of hydrogen-bond acceptors (Lipinski definition) is 4. The molecule has 3 heterocycles. The molecule has 0 N–H and O–H groups in total. The molecule has 28 heavy (non-hydrogen) atoms. The van der Waals surface area contributed by atoms with Crippen LogP contribution in [0.15, 0.2) is 84.1 Å². The Labute approximate surface area is 166 Å². The van der Waals surface area contributed by atoms with E-state index in [9.17, 15) is 0 Å². The number of anilines is 1. The summed E-state index contributed by atoms with van der Waals surface area (Å²) in [4.78, 5) is 14.3. The van der Waals surface area contributed by atoms with Crippen molar-refractivity contribution >= 4 is 11.5 Å².